The second-order valence-corrected chi connectivity index (χ2v) is 8.13. The zero-order valence-corrected chi connectivity index (χ0v) is 20.2. The van der Waals surface area contributed by atoms with Gasteiger partial charge >= 0.3 is 5.69 Å². The summed E-state index contributed by atoms with van der Waals surface area (Å²) in [4.78, 5) is 44.1. The highest BCUT2D eigenvalue weighted by atomic mass is 16.5. The van der Waals surface area contributed by atoms with Crippen LogP contribution in [0.4, 0.5) is 11.5 Å². The highest BCUT2D eigenvalue weighted by Crippen LogP contribution is 2.19. The van der Waals surface area contributed by atoms with Crippen LogP contribution in [0.1, 0.15) is 11.1 Å². The molecule has 10 nitrogen and oxygen atoms in total. The Bertz CT molecular complexity index is 1260. The first kappa shape index (κ1) is 25.7. The number of hydrogen-bond donors (Lipinski definition) is 2. The third-order valence-electron chi connectivity index (χ3n) is 5.48. The molecule has 2 aromatic carbocycles. The number of methoxy groups -OCH3 is 2. The quantitative estimate of drug-likeness (QED) is 0.423. The number of nitrogens with zero attached hydrogens (tertiary/aromatic N) is 3. The van der Waals surface area contributed by atoms with E-state index < -0.39 is 11.2 Å². The Morgan fingerprint density at radius 3 is 2.46 bits per heavy atom. The fourth-order valence-corrected chi connectivity index (χ4v) is 3.76. The summed E-state index contributed by atoms with van der Waals surface area (Å²) in [5, 5.41) is 0. The molecule has 0 saturated heterocycles. The number of likely N-dealkylation sites (N-methyl/N-ethyl adjacent to an activating group) is 1. The molecule has 3 rings (SSSR count). The first-order valence-electron chi connectivity index (χ1n) is 11.1. The summed E-state index contributed by atoms with van der Waals surface area (Å²) in [6.45, 7) is 0.927. The van der Waals surface area contributed by atoms with Crippen molar-refractivity contribution in [1.82, 2.24) is 14.5 Å². The van der Waals surface area contributed by atoms with Crippen LogP contribution in [-0.4, -0.2) is 61.3 Å². The Morgan fingerprint density at radius 1 is 1.06 bits per heavy atom. The maximum absolute atomic E-state index is 13.3. The number of nitrogens with one attached hydrogen (secondary N) is 1. The SMILES string of the molecule is COCCN(C(=O)CN(C)Cc1cccc(OC)c1)c1c(N)n(Cc2ccccc2)c(=O)[nH]c1=O. The molecule has 186 valence electrons. The maximum Gasteiger partial charge on any atom is 0.330 e. The summed E-state index contributed by atoms with van der Waals surface area (Å²) < 4.78 is 11.7. The van der Waals surface area contributed by atoms with Crippen molar-refractivity contribution < 1.29 is 14.3 Å². The molecule has 0 spiro atoms. The van der Waals surface area contributed by atoms with Crippen LogP contribution in [0, 0.1) is 0 Å². The Hall–Kier alpha value is -3.89. The number of carbonyl (C=O) groups is 1. The number of anilines is 2. The highest BCUT2D eigenvalue weighted by molar-refractivity contribution is 5.96. The van der Waals surface area contributed by atoms with Crippen LogP contribution in [0.5, 0.6) is 5.75 Å². The van der Waals surface area contributed by atoms with E-state index >= 15 is 0 Å². The molecule has 0 unspecified atom stereocenters. The van der Waals surface area contributed by atoms with Gasteiger partial charge in [-0.2, -0.15) is 0 Å². The highest BCUT2D eigenvalue weighted by Gasteiger charge is 2.25. The molecule has 0 aliphatic rings. The van der Waals surface area contributed by atoms with Gasteiger partial charge in [0.2, 0.25) is 5.91 Å². The van der Waals surface area contributed by atoms with Crippen molar-refractivity contribution in [3.8, 4) is 5.75 Å². The number of benzene rings is 2. The number of ether oxygens (including phenoxy) is 2. The molecule has 1 heterocycles. The Balaban J connectivity index is 1.88. The Labute approximate surface area is 203 Å². The predicted octanol–water partition coefficient (Wildman–Crippen LogP) is 1.29. The van der Waals surface area contributed by atoms with Gasteiger partial charge in [0.25, 0.3) is 5.56 Å². The van der Waals surface area contributed by atoms with Crippen molar-refractivity contribution in [2.75, 3.05) is 51.6 Å². The Morgan fingerprint density at radius 2 is 1.77 bits per heavy atom. The van der Waals surface area contributed by atoms with Gasteiger partial charge < -0.3 is 20.1 Å². The van der Waals surface area contributed by atoms with Crippen molar-refractivity contribution >= 4 is 17.4 Å². The molecular formula is C25H31N5O5. The van der Waals surface area contributed by atoms with Crippen molar-refractivity contribution in [1.29, 1.82) is 0 Å². The van der Waals surface area contributed by atoms with E-state index in [4.69, 9.17) is 15.2 Å². The normalized spacial score (nSPS) is 11.0. The number of H-pyrrole nitrogens is 1. The molecule has 0 saturated carbocycles. The minimum atomic E-state index is -0.725. The molecule has 1 amide bonds. The van der Waals surface area contributed by atoms with Gasteiger partial charge in [-0.1, -0.05) is 42.5 Å². The number of nitrogen functional groups attached to an aromatic ring is 1. The molecule has 0 radical (unpaired) electrons. The molecule has 0 atom stereocenters. The van der Waals surface area contributed by atoms with Crippen molar-refractivity contribution in [2.24, 2.45) is 0 Å². The predicted molar refractivity (Wildman–Crippen MR) is 135 cm³/mol. The van der Waals surface area contributed by atoms with Crippen molar-refractivity contribution in [2.45, 2.75) is 13.1 Å². The lowest BCUT2D eigenvalue weighted by molar-refractivity contribution is -0.119. The standard InChI is InChI=1S/C25H31N5O5/c1-28(15-19-10-7-11-20(14-19)35-3)17-21(31)29(12-13-34-2)22-23(26)30(25(33)27-24(22)32)16-18-8-5-4-6-9-18/h4-11,14H,12-13,15-17,26H2,1-3H3,(H,27,32,33). The lowest BCUT2D eigenvalue weighted by Gasteiger charge is -2.26. The van der Waals surface area contributed by atoms with Crippen molar-refractivity contribution in [3.63, 3.8) is 0 Å². The lowest BCUT2D eigenvalue weighted by atomic mass is 10.2. The summed E-state index contributed by atoms with van der Waals surface area (Å²) in [6.07, 6.45) is 0. The average Bonchev–Trinajstić information content (AvgIpc) is 2.84. The summed E-state index contributed by atoms with van der Waals surface area (Å²) in [6, 6.07) is 16.8. The van der Waals surface area contributed by atoms with E-state index in [9.17, 15) is 14.4 Å². The van der Waals surface area contributed by atoms with Crippen LogP contribution in [0.25, 0.3) is 0 Å². The van der Waals surface area contributed by atoms with E-state index in [2.05, 4.69) is 4.98 Å². The van der Waals surface area contributed by atoms with E-state index in [1.165, 1.54) is 16.6 Å². The monoisotopic (exact) mass is 481 g/mol. The van der Waals surface area contributed by atoms with Gasteiger partial charge in [-0.25, -0.2) is 4.79 Å². The van der Waals surface area contributed by atoms with Gasteiger partial charge in [0.15, 0.2) is 5.69 Å². The summed E-state index contributed by atoms with van der Waals surface area (Å²) >= 11 is 0. The van der Waals surface area contributed by atoms with Crippen LogP contribution in [0.3, 0.4) is 0 Å². The molecule has 10 heteroatoms. The zero-order chi connectivity index (χ0) is 25.4. The van der Waals surface area contributed by atoms with Crippen LogP contribution in [0.2, 0.25) is 0 Å². The van der Waals surface area contributed by atoms with Crippen molar-refractivity contribution in [3.05, 3.63) is 86.6 Å². The van der Waals surface area contributed by atoms with Crippen LogP contribution in [0.15, 0.2) is 64.2 Å². The lowest BCUT2D eigenvalue weighted by Crippen LogP contribution is -2.45. The second kappa shape index (κ2) is 12.0. The van der Waals surface area contributed by atoms with E-state index in [0.29, 0.717) is 6.54 Å². The van der Waals surface area contributed by atoms with E-state index in [1.54, 1.807) is 14.2 Å². The summed E-state index contributed by atoms with van der Waals surface area (Å²) in [7, 11) is 4.90. The van der Waals surface area contributed by atoms with Crippen LogP contribution < -0.4 is 26.6 Å². The Kier molecular flexibility index (Phi) is 8.82. The number of hydrogen-bond acceptors (Lipinski definition) is 7. The molecule has 0 aliphatic heterocycles. The minimum Gasteiger partial charge on any atom is -0.497 e. The number of amides is 1. The van der Waals surface area contributed by atoms with Crippen LogP contribution in [-0.2, 0) is 22.6 Å². The third kappa shape index (κ3) is 6.58. The molecule has 3 N–H and O–H groups in total. The van der Waals surface area contributed by atoms with Gasteiger partial charge in [-0.3, -0.25) is 24.0 Å². The molecule has 0 fully saturated rings. The maximum atomic E-state index is 13.3. The van der Waals surface area contributed by atoms with E-state index in [-0.39, 0.29) is 43.7 Å². The molecular weight excluding hydrogens is 450 g/mol. The number of carbonyl (C=O) groups excluding carboxylic acids is 1. The number of aromatic nitrogens is 2. The van der Waals surface area contributed by atoms with Gasteiger partial charge in [0, 0.05) is 20.2 Å². The van der Waals surface area contributed by atoms with Crippen LogP contribution >= 0.6 is 0 Å². The number of nitrogens with two attached hydrogens (primary N) is 1. The zero-order valence-electron chi connectivity index (χ0n) is 20.2. The number of aromatic amines is 1. The van der Waals surface area contributed by atoms with Gasteiger partial charge in [-0.05, 0) is 30.3 Å². The second-order valence-electron chi connectivity index (χ2n) is 8.13. The molecule has 0 aliphatic carbocycles. The fourth-order valence-electron chi connectivity index (χ4n) is 3.76. The van der Waals surface area contributed by atoms with Gasteiger partial charge in [-0.15, -0.1) is 0 Å². The van der Waals surface area contributed by atoms with Gasteiger partial charge in [0.1, 0.15) is 11.6 Å². The topological polar surface area (TPSA) is 123 Å². The fraction of sp³-hybridized carbons (Fsp3) is 0.320. The third-order valence-corrected chi connectivity index (χ3v) is 5.48. The smallest absolute Gasteiger partial charge is 0.330 e. The molecule has 3 aromatic rings. The first-order chi connectivity index (χ1) is 16.8. The first-order valence-corrected chi connectivity index (χ1v) is 11.1. The van der Waals surface area contributed by atoms with Gasteiger partial charge in [0.05, 0.1) is 26.8 Å². The molecule has 1 aromatic heterocycles. The minimum absolute atomic E-state index is 0.0115. The average molecular weight is 482 g/mol. The van der Waals surface area contributed by atoms with E-state index in [0.717, 1.165) is 16.9 Å². The molecule has 35 heavy (non-hydrogen) atoms. The number of rotatable bonds is 11. The van der Waals surface area contributed by atoms with E-state index in [1.807, 2.05) is 59.5 Å². The molecule has 0 bridgehead atoms. The summed E-state index contributed by atoms with van der Waals surface area (Å²) in [5.74, 6) is 0.293. The summed E-state index contributed by atoms with van der Waals surface area (Å²) in [5.41, 5.74) is 6.66. The largest absolute Gasteiger partial charge is 0.497 e.